The van der Waals surface area contributed by atoms with E-state index in [4.69, 9.17) is 4.98 Å². The summed E-state index contributed by atoms with van der Waals surface area (Å²) in [7, 11) is 3.96. The van der Waals surface area contributed by atoms with E-state index in [1.807, 2.05) is 25.5 Å². The molecule has 5 heterocycles. The number of aromatic nitrogens is 4. The first-order chi connectivity index (χ1) is 13.0. The van der Waals surface area contributed by atoms with Crippen LogP contribution in [0.15, 0.2) is 36.7 Å². The third-order valence-electron chi connectivity index (χ3n) is 5.27. The number of nitrogens with zero attached hydrogens (tertiary/aromatic N) is 5. The van der Waals surface area contributed by atoms with Crippen molar-refractivity contribution in [2.24, 2.45) is 7.05 Å². The van der Waals surface area contributed by atoms with Crippen LogP contribution < -0.4 is 0 Å². The molecule has 1 aliphatic heterocycles. The van der Waals surface area contributed by atoms with Gasteiger partial charge in [0.05, 0.1) is 5.69 Å². The number of fused-ring (bicyclic) bond motifs is 2. The topological polar surface area (TPSA) is 67.1 Å². The van der Waals surface area contributed by atoms with Gasteiger partial charge in [0.25, 0.3) is 0 Å². The lowest BCUT2D eigenvalue weighted by molar-refractivity contribution is -0.0247. The number of β-amino-alcohol motifs (C(OH)–C–C–N with tert-alkyl or cyclic N) is 1. The zero-order valence-electron chi connectivity index (χ0n) is 15.4. The Morgan fingerprint density at radius 1 is 1.19 bits per heavy atom. The Bertz CT molecular complexity index is 1150. The third-order valence-corrected chi connectivity index (χ3v) is 6.51. The maximum Gasteiger partial charge on any atom is 0.181 e. The molecule has 0 aliphatic carbocycles. The predicted octanol–water partition coefficient (Wildman–Crippen LogP) is 3.16. The number of aliphatic hydroxyl groups is 1. The molecule has 0 bridgehead atoms. The molecule has 0 spiro atoms. The van der Waals surface area contributed by atoms with Crippen LogP contribution in [0.25, 0.3) is 32.5 Å². The second kappa shape index (κ2) is 6.09. The number of likely N-dealkylation sites (tertiary alicyclic amines) is 1. The first-order valence-electron chi connectivity index (χ1n) is 9.12. The Kier molecular flexibility index (Phi) is 3.79. The SMILES string of the molecule is CN1CCC[C@@](O)(c2cc3ccc(-c4cnc5nn(C)cc5c4)nc3s2)C1. The van der Waals surface area contributed by atoms with Crippen molar-refractivity contribution < 1.29 is 5.11 Å². The largest absolute Gasteiger partial charge is 0.383 e. The molecule has 27 heavy (non-hydrogen) atoms. The number of pyridine rings is 2. The van der Waals surface area contributed by atoms with Gasteiger partial charge in [0, 0.05) is 47.2 Å². The monoisotopic (exact) mass is 379 g/mol. The molecule has 4 aromatic heterocycles. The molecule has 1 N–H and O–H groups in total. The number of likely N-dealkylation sites (N-methyl/N-ethyl adjacent to an activating group) is 1. The summed E-state index contributed by atoms with van der Waals surface area (Å²) in [5, 5.41) is 17.5. The summed E-state index contributed by atoms with van der Waals surface area (Å²) < 4.78 is 1.77. The van der Waals surface area contributed by atoms with Gasteiger partial charge in [-0.1, -0.05) is 0 Å². The van der Waals surface area contributed by atoms with Crippen LogP contribution in [0.4, 0.5) is 0 Å². The lowest BCUT2D eigenvalue weighted by Crippen LogP contribution is -2.43. The molecule has 1 aliphatic rings. The Morgan fingerprint density at radius 2 is 2.07 bits per heavy atom. The third kappa shape index (κ3) is 2.92. The Balaban J connectivity index is 1.55. The van der Waals surface area contributed by atoms with Gasteiger partial charge in [0.15, 0.2) is 5.65 Å². The average Bonchev–Trinajstić information content (AvgIpc) is 3.22. The molecule has 4 aromatic rings. The van der Waals surface area contributed by atoms with Gasteiger partial charge < -0.3 is 10.0 Å². The normalized spacial score (nSPS) is 21.3. The first kappa shape index (κ1) is 16.8. The maximum absolute atomic E-state index is 11.1. The first-order valence-corrected chi connectivity index (χ1v) is 9.94. The second-order valence-corrected chi connectivity index (χ2v) is 8.54. The van der Waals surface area contributed by atoms with Crippen LogP contribution >= 0.6 is 11.3 Å². The van der Waals surface area contributed by atoms with E-state index in [-0.39, 0.29) is 0 Å². The van der Waals surface area contributed by atoms with E-state index in [2.05, 4.69) is 40.2 Å². The lowest BCUT2D eigenvalue weighted by Gasteiger charge is -2.36. The molecule has 138 valence electrons. The second-order valence-electron chi connectivity index (χ2n) is 7.51. The molecular formula is C20H21N5OS. The molecule has 1 saturated heterocycles. The summed E-state index contributed by atoms with van der Waals surface area (Å²) in [5.41, 5.74) is 1.84. The van der Waals surface area contributed by atoms with Crippen molar-refractivity contribution in [1.82, 2.24) is 24.6 Å². The molecule has 1 fully saturated rings. The Morgan fingerprint density at radius 3 is 2.93 bits per heavy atom. The highest BCUT2D eigenvalue weighted by Crippen LogP contribution is 2.38. The van der Waals surface area contributed by atoms with Crippen LogP contribution in [0.5, 0.6) is 0 Å². The highest BCUT2D eigenvalue weighted by molar-refractivity contribution is 7.18. The number of hydrogen-bond acceptors (Lipinski definition) is 6. The predicted molar refractivity (Wildman–Crippen MR) is 108 cm³/mol. The fraction of sp³-hybridized carbons (Fsp3) is 0.350. The molecule has 1 atom stereocenters. The fourth-order valence-electron chi connectivity index (χ4n) is 3.93. The van der Waals surface area contributed by atoms with E-state index < -0.39 is 5.60 Å². The van der Waals surface area contributed by atoms with E-state index in [0.29, 0.717) is 6.54 Å². The zero-order chi connectivity index (χ0) is 18.6. The number of rotatable bonds is 2. The van der Waals surface area contributed by atoms with E-state index in [0.717, 1.165) is 56.8 Å². The summed E-state index contributed by atoms with van der Waals surface area (Å²) in [4.78, 5) is 13.5. The summed E-state index contributed by atoms with van der Waals surface area (Å²) >= 11 is 1.60. The van der Waals surface area contributed by atoms with E-state index in [9.17, 15) is 5.11 Å². The molecule has 0 amide bonds. The van der Waals surface area contributed by atoms with Gasteiger partial charge in [-0.3, -0.25) is 4.68 Å². The van der Waals surface area contributed by atoms with E-state index in [1.54, 1.807) is 16.0 Å². The highest BCUT2D eigenvalue weighted by Gasteiger charge is 2.35. The van der Waals surface area contributed by atoms with Crippen molar-refractivity contribution >= 4 is 32.6 Å². The summed E-state index contributed by atoms with van der Waals surface area (Å²) in [6, 6.07) is 8.27. The molecule has 0 aromatic carbocycles. The van der Waals surface area contributed by atoms with Crippen LogP contribution in [-0.4, -0.2) is 49.9 Å². The van der Waals surface area contributed by atoms with Crippen LogP contribution in [0.1, 0.15) is 17.7 Å². The molecule has 7 heteroatoms. The standard InChI is InChI=1S/C20H21N5OS/c1-24-7-3-6-20(26,12-24)17-9-13-4-5-16(22-19(13)27-17)14-8-15-11-25(2)23-18(15)21-10-14/h4-5,8-11,26H,3,6-7,12H2,1-2H3/t20-/m0/s1. The van der Waals surface area contributed by atoms with Crippen molar-refractivity contribution in [3.05, 3.63) is 41.5 Å². The van der Waals surface area contributed by atoms with Crippen molar-refractivity contribution in [3.63, 3.8) is 0 Å². The number of piperidine rings is 1. The average molecular weight is 379 g/mol. The Hall–Kier alpha value is -2.35. The van der Waals surface area contributed by atoms with E-state index in [1.165, 1.54) is 0 Å². The van der Waals surface area contributed by atoms with Crippen molar-refractivity contribution in [2.45, 2.75) is 18.4 Å². The van der Waals surface area contributed by atoms with Crippen LogP contribution in [0, 0.1) is 0 Å². The van der Waals surface area contributed by atoms with Gasteiger partial charge in [-0.25, -0.2) is 9.97 Å². The minimum Gasteiger partial charge on any atom is -0.383 e. The van der Waals surface area contributed by atoms with Gasteiger partial charge in [0.2, 0.25) is 0 Å². The van der Waals surface area contributed by atoms with Gasteiger partial charge in [-0.05, 0) is 50.7 Å². The summed E-state index contributed by atoms with van der Waals surface area (Å²) in [6.07, 6.45) is 5.60. The number of aryl methyl sites for hydroxylation is 1. The highest BCUT2D eigenvalue weighted by atomic mass is 32.1. The zero-order valence-corrected chi connectivity index (χ0v) is 16.2. The summed E-state index contributed by atoms with van der Waals surface area (Å²) in [6.45, 7) is 1.72. The van der Waals surface area contributed by atoms with Gasteiger partial charge in [-0.2, -0.15) is 5.10 Å². The lowest BCUT2D eigenvalue weighted by atomic mass is 9.91. The summed E-state index contributed by atoms with van der Waals surface area (Å²) in [5.74, 6) is 0. The van der Waals surface area contributed by atoms with Gasteiger partial charge in [-0.15, -0.1) is 11.3 Å². The van der Waals surface area contributed by atoms with Crippen molar-refractivity contribution in [3.8, 4) is 11.3 Å². The number of hydrogen-bond donors (Lipinski definition) is 1. The Labute approximate surface area is 161 Å². The van der Waals surface area contributed by atoms with Gasteiger partial charge >= 0.3 is 0 Å². The molecule has 6 nitrogen and oxygen atoms in total. The number of thiophene rings is 1. The molecular weight excluding hydrogens is 358 g/mol. The van der Waals surface area contributed by atoms with Gasteiger partial charge in [0.1, 0.15) is 10.4 Å². The van der Waals surface area contributed by atoms with Crippen LogP contribution in [0.3, 0.4) is 0 Å². The van der Waals surface area contributed by atoms with E-state index >= 15 is 0 Å². The quantitative estimate of drug-likeness (QED) is 0.579. The smallest absolute Gasteiger partial charge is 0.181 e. The van der Waals surface area contributed by atoms with Crippen molar-refractivity contribution in [1.29, 1.82) is 0 Å². The molecule has 5 rings (SSSR count). The van der Waals surface area contributed by atoms with Crippen molar-refractivity contribution in [2.75, 3.05) is 20.1 Å². The van der Waals surface area contributed by atoms with Crippen LogP contribution in [0.2, 0.25) is 0 Å². The molecule has 0 saturated carbocycles. The minimum absolute atomic E-state index is 0.675. The minimum atomic E-state index is -0.769. The van der Waals surface area contributed by atoms with Crippen LogP contribution in [-0.2, 0) is 12.6 Å². The molecule has 0 radical (unpaired) electrons. The molecule has 0 unspecified atom stereocenters. The fourth-order valence-corrected chi connectivity index (χ4v) is 5.07. The maximum atomic E-state index is 11.1.